The first-order chi connectivity index (χ1) is 10.0. The maximum absolute atomic E-state index is 6.33. The molecule has 5 atom stereocenters. The fourth-order valence-corrected chi connectivity index (χ4v) is 4.12. The molecular weight excluding hydrogens is 266 g/mol. The van der Waals surface area contributed by atoms with Crippen LogP contribution in [0, 0.1) is 11.3 Å². The number of rotatable bonds is 4. The van der Waals surface area contributed by atoms with Gasteiger partial charge in [-0.05, 0) is 31.7 Å². The quantitative estimate of drug-likeness (QED) is 0.922. The highest BCUT2D eigenvalue weighted by atomic mass is 16.8. The van der Waals surface area contributed by atoms with Gasteiger partial charge in [0.2, 0.25) is 0 Å². The van der Waals surface area contributed by atoms with Crippen molar-refractivity contribution in [1.82, 2.24) is 0 Å². The van der Waals surface area contributed by atoms with E-state index in [4.69, 9.17) is 19.9 Å². The number of hydrogen-bond donors (Lipinski definition) is 1. The number of benzene rings is 1. The molecule has 21 heavy (non-hydrogen) atoms. The Balaban J connectivity index is 1.42. The van der Waals surface area contributed by atoms with Crippen molar-refractivity contribution < 1.29 is 14.2 Å². The topological polar surface area (TPSA) is 53.7 Å². The van der Waals surface area contributed by atoms with Crippen LogP contribution in [-0.2, 0) is 20.8 Å². The van der Waals surface area contributed by atoms with Gasteiger partial charge in [-0.3, -0.25) is 0 Å². The number of hydrogen-bond acceptors (Lipinski definition) is 4. The van der Waals surface area contributed by atoms with Crippen molar-refractivity contribution in [2.45, 2.75) is 50.9 Å². The predicted molar refractivity (Wildman–Crippen MR) is 78.4 cm³/mol. The number of nitrogens with two attached hydrogens (primary N) is 1. The minimum Gasteiger partial charge on any atom is -0.376 e. The molecule has 4 rings (SSSR count). The largest absolute Gasteiger partial charge is 0.376 e. The van der Waals surface area contributed by atoms with Crippen LogP contribution in [0.25, 0.3) is 0 Å². The highest BCUT2D eigenvalue weighted by molar-refractivity contribution is 5.23. The van der Waals surface area contributed by atoms with E-state index in [2.05, 4.69) is 12.1 Å². The Kier molecular flexibility index (Phi) is 2.95. The summed E-state index contributed by atoms with van der Waals surface area (Å²) in [4.78, 5) is 0. The molecule has 1 aromatic carbocycles. The summed E-state index contributed by atoms with van der Waals surface area (Å²) in [6, 6.07) is 10.3. The van der Waals surface area contributed by atoms with Crippen LogP contribution in [0.4, 0.5) is 0 Å². The van der Waals surface area contributed by atoms with Crippen LogP contribution >= 0.6 is 0 Å². The summed E-state index contributed by atoms with van der Waals surface area (Å²) in [6.07, 6.45) is 1.21. The number of ether oxygens (including phenoxy) is 3. The molecule has 3 aliphatic rings. The third kappa shape index (κ3) is 2.13. The Morgan fingerprint density at radius 1 is 1.24 bits per heavy atom. The number of fused-ring (bicyclic) bond motifs is 3. The summed E-state index contributed by atoms with van der Waals surface area (Å²) in [7, 11) is 0. The fourth-order valence-electron chi connectivity index (χ4n) is 4.12. The van der Waals surface area contributed by atoms with Crippen molar-refractivity contribution in [3.05, 3.63) is 35.9 Å². The molecule has 0 aromatic heterocycles. The second-order valence-electron chi connectivity index (χ2n) is 7.12. The van der Waals surface area contributed by atoms with Gasteiger partial charge in [-0.2, -0.15) is 0 Å². The highest BCUT2D eigenvalue weighted by Gasteiger charge is 2.74. The lowest BCUT2D eigenvalue weighted by Gasteiger charge is -2.23. The summed E-state index contributed by atoms with van der Waals surface area (Å²) in [6.45, 7) is 5.29. The molecule has 3 fully saturated rings. The normalized spacial score (nSPS) is 42.6. The lowest BCUT2D eigenvalue weighted by atomic mass is 10.0. The van der Waals surface area contributed by atoms with E-state index in [9.17, 15) is 0 Å². The Labute approximate surface area is 125 Å². The van der Waals surface area contributed by atoms with Crippen LogP contribution in [0.2, 0.25) is 0 Å². The van der Waals surface area contributed by atoms with Gasteiger partial charge in [-0.25, -0.2) is 0 Å². The minimum absolute atomic E-state index is 0.0269. The Hall–Kier alpha value is -0.940. The first-order valence-electron chi connectivity index (χ1n) is 7.75. The van der Waals surface area contributed by atoms with E-state index < -0.39 is 5.79 Å². The van der Waals surface area contributed by atoms with E-state index in [1.807, 2.05) is 32.0 Å². The molecule has 0 spiro atoms. The summed E-state index contributed by atoms with van der Waals surface area (Å²) >= 11 is 0. The van der Waals surface area contributed by atoms with E-state index in [1.54, 1.807) is 0 Å². The average molecular weight is 289 g/mol. The van der Waals surface area contributed by atoms with Gasteiger partial charge in [0, 0.05) is 11.5 Å². The molecule has 114 valence electrons. The Bertz CT molecular complexity index is 532. The maximum atomic E-state index is 6.33. The van der Waals surface area contributed by atoms with E-state index in [0.29, 0.717) is 19.1 Å². The monoisotopic (exact) mass is 289 g/mol. The highest BCUT2D eigenvalue weighted by Crippen LogP contribution is 2.67. The predicted octanol–water partition coefficient (Wildman–Crippen LogP) is 2.07. The second kappa shape index (κ2) is 4.53. The smallest absolute Gasteiger partial charge is 0.163 e. The van der Waals surface area contributed by atoms with Gasteiger partial charge < -0.3 is 19.9 Å². The summed E-state index contributed by atoms with van der Waals surface area (Å²) in [5.74, 6) is -0.0354. The third-order valence-corrected chi connectivity index (χ3v) is 5.20. The van der Waals surface area contributed by atoms with Crippen molar-refractivity contribution in [2.24, 2.45) is 17.1 Å². The van der Waals surface area contributed by atoms with Crippen molar-refractivity contribution in [2.75, 3.05) is 6.61 Å². The van der Waals surface area contributed by atoms with Gasteiger partial charge in [0.05, 0.1) is 19.3 Å². The SMILES string of the molecule is CC1(C)O[C@H]2[C@H](N)[C@H]3C[C@@]3(COCc3ccccc3)[C@H]2O1. The average Bonchev–Trinajstić information content (AvgIpc) is 3.03. The Morgan fingerprint density at radius 2 is 2.00 bits per heavy atom. The lowest BCUT2D eigenvalue weighted by Crippen LogP contribution is -2.39. The molecule has 1 aromatic rings. The zero-order valence-corrected chi connectivity index (χ0v) is 12.6. The van der Waals surface area contributed by atoms with Crippen molar-refractivity contribution in [3.63, 3.8) is 0 Å². The molecule has 4 heteroatoms. The molecule has 2 aliphatic carbocycles. The van der Waals surface area contributed by atoms with E-state index in [1.165, 1.54) is 5.56 Å². The van der Waals surface area contributed by atoms with Crippen LogP contribution < -0.4 is 5.73 Å². The molecule has 1 heterocycles. The zero-order valence-electron chi connectivity index (χ0n) is 12.6. The molecule has 1 aliphatic heterocycles. The molecule has 4 nitrogen and oxygen atoms in total. The van der Waals surface area contributed by atoms with E-state index in [0.717, 1.165) is 6.42 Å². The second-order valence-corrected chi connectivity index (χ2v) is 7.12. The lowest BCUT2D eigenvalue weighted by molar-refractivity contribution is -0.162. The summed E-state index contributed by atoms with van der Waals surface area (Å²) in [5.41, 5.74) is 7.61. The maximum Gasteiger partial charge on any atom is 0.163 e. The van der Waals surface area contributed by atoms with Gasteiger partial charge in [0.1, 0.15) is 6.10 Å². The zero-order chi connectivity index (χ0) is 14.7. The molecule has 0 unspecified atom stereocenters. The molecule has 0 amide bonds. The first kappa shape index (κ1) is 13.7. The van der Waals surface area contributed by atoms with Crippen LogP contribution in [0.15, 0.2) is 30.3 Å². The Morgan fingerprint density at radius 3 is 2.76 bits per heavy atom. The minimum atomic E-state index is -0.521. The fraction of sp³-hybridized carbons (Fsp3) is 0.647. The molecular formula is C17H23NO3. The first-order valence-corrected chi connectivity index (χ1v) is 7.75. The molecule has 2 N–H and O–H groups in total. The van der Waals surface area contributed by atoms with E-state index >= 15 is 0 Å². The van der Waals surface area contributed by atoms with Crippen LogP contribution in [0.3, 0.4) is 0 Å². The van der Waals surface area contributed by atoms with Gasteiger partial charge in [-0.1, -0.05) is 30.3 Å². The molecule has 1 saturated heterocycles. The molecule has 0 radical (unpaired) electrons. The van der Waals surface area contributed by atoms with Crippen LogP contribution in [0.1, 0.15) is 25.8 Å². The van der Waals surface area contributed by atoms with Crippen LogP contribution in [-0.4, -0.2) is 30.6 Å². The molecule has 0 bridgehead atoms. The van der Waals surface area contributed by atoms with E-state index in [-0.39, 0.29) is 23.7 Å². The van der Waals surface area contributed by atoms with Gasteiger partial charge >= 0.3 is 0 Å². The van der Waals surface area contributed by atoms with Gasteiger partial charge in [0.25, 0.3) is 0 Å². The van der Waals surface area contributed by atoms with Crippen LogP contribution in [0.5, 0.6) is 0 Å². The van der Waals surface area contributed by atoms with Gasteiger partial charge in [-0.15, -0.1) is 0 Å². The third-order valence-electron chi connectivity index (χ3n) is 5.20. The van der Waals surface area contributed by atoms with Gasteiger partial charge in [0.15, 0.2) is 5.79 Å². The summed E-state index contributed by atoms with van der Waals surface area (Å²) < 4.78 is 18.1. The summed E-state index contributed by atoms with van der Waals surface area (Å²) in [5, 5.41) is 0. The van der Waals surface area contributed by atoms with Crippen molar-refractivity contribution in [1.29, 1.82) is 0 Å². The molecule has 2 saturated carbocycles. The van der Waals surface area contributed by atoms with Crippen molar-refractivity contribution >= 4 is 0 Å². The standard InChI is InChI=1S/C17H23NO3/c1-16(2)20-14-13(18)12-8-17(12,15(14)21-16)10-19-9-11-6-4-3-5-7-11/h3-7,12-15H,8-10,18H2,1-2H3/t12-,13-,14+,15+,17+/m1/s1. The van der Waals surface area contributed by atoms with Crippen molar-refractivity contribution in [3.8, 4) is 0 Å².